The number of anilines is 1. The molecule has 27 heavy (non-hydrogen) atoms. The predicted octanol–water partition coefficient (Wildman–Crippen LogP) is 3.80. The van der Waals surface area contributed by atoms with Crippen molar-refractivity contribution in [3.05, 3.63) is 40.8 Å². The maximum absolute atomic E-state index is 12.2. The summed E-state index contributed by atoms with van der Waals surface area (Å²) >= 11 is 0. The minimum Gasteiger partial charge on any atom is -0.490 e. The summed E-state index contributed by atoms with van der Waals surface area (Å²) in [5, 5.41) is 2.68. The number of carbonyl (C=O) groups excluding carboxylic acids is 2. The molecule has 0 fully saturated rings. The van der Waals surface area contributed by atoms with Crippen molar-refractivity contribution in [2.24, 2.45) is 0 Å². The smallest absolute Gasteiger partial charge is 0.342 e. The fourth-order valence-corrected chi connectivity index (χ4v) is 2.62. The summed E-state index contributed by atoms with van der Waals surface area (Å²) in [5.41, 5.74) is 1.60. The Morgan fingerprint density at radius 1 is 1.00 bits per heavy atom. The Labute approximate surface area is 158 Å². The fourth-order valence-electron chi connectivity index (χ4n) is 2.62. The number of rotatable bonds is 8. The number of benzene rings is 1. The van der Waals surface area contributed by atoms with E-state index in [0.717, 1.165) is 0 Å². The van der Waals surface area contributed by atoms with E-state index in [2.05, 4.69) is 5.32 Å². The number of nitrogens with one attached hydrogen (secondary N) is 1. The molecule has 0 saturated carbocycles. The standard InChI is InChI=1S/C20H25NO6/c1-6-24-16-9-8-15(10-17(16)25-7-2)21-18(22)11-26-20(23)19-12(3)13(4)27-14(19)5/h8-10H,6-7,11H2,1-5H3,(H,21,22). The van der Waals surface area contributed by atoms with Gasteiger partial charge >= 0.3 is 5.97 Å². The Morgan fingerprint density at radius 2 is 1.67 bits per heavy atom. The lowest BCUT2D eigenvalue weighted by molar-refractivity contribution is -0.119. The molecule has 0 bridgehead atoms. The third-order valence-electron chi connectivity index (χ3n) is 3.93. The lowest BCUT2D eigenvalue weighted by Gasteiger charge is -2.13. The summed E-state index contributed by atoms with van der Waals surface area (Å²) in [6.07, 6.45) is 0. The largest absolute Gasteiger partial charge is 0.490 e. The van der Waals surface area contributed by atoms with E-state index < -0.39 is 18.5 Å². The maximum atomic E-state index is 12.2. The number of esters is 1. The fraction of sp³-hybridized carbons (Fsp3) is 0.400. The molecule has 2 aromatic rings. The molecule has 0 saturated heterocycles. The highest BCUT2D eigenvalue weighted by Gasteiger charge is 2.20. The zero-order valence-electron chi connectivity index (χ0n) is 16.3. The first-order chi connectivity index (χ1) is 12.9. The van der Waals surface area contributed by atoms with Gasteiger partial charge in [-0.1, -0.05) is 0 Å². The Balaban J connectivity index is 1.99. The summed E-state index contributed by atoms with van der Waals surface area (Å²) in [4.78, 5) is 24.3. The highest BCUT2D eigenvalue weighted by Crippen LogP contribution is 2.30. The van der Waals surface area contributed by atoms with Gasteiger partial charge in [-0.2, -0.15) is 0 Å². The van der Waals surface area contributed by atoms with Crippen molar-refractivity contribution in [2.75, 3.05) is 25.1 Å². The van der Waals surface area contributed by atoms with Gasteiger partial charge in [-0.05, 0) is 46.8 Å². The minimum atomic E-state index is -0.585. The number of carbonyl (C=O) groups is 2. The molecule has 1 amide bonds. The van der Waals surface area contributed by atoms with Crippen LogP contribution in [-0.2, 0) is 9.53 Å². The molecule has 0 aliphatic carbocycles. The van der Waals surface area contributed by atoms with Crippen LogP contribution in [0.2, 0.25) is 0 Å². The van der Waals surface area contributed by atoms with Gasteiger partial charge in [0.05, 0.1) is 13.2 Å². The molecule has 0 spiro atoms. The topological polar surface area (TPSA) is 87.0 Å². The molecule has 0 aliphatic heterocycles. The van der Waals surface area contributed by atoms with Crippen LogP contribution in [0.25, 0.3) is 0 Å². The summed E-state index contributed by atoms with van der Waals surface area (Å²) < 4.78 is 21.5. The van der Waals surface area contributed by atoms with Gasteiger partial charge in [0.1, 0.15) is 17.1 Å². The van der Waals surface area contributed by atoms with E-state index in [1.54, 1.807) is 39.0 Å². The first-order valence-electron chi connectivity index (χ1n) is 8.80. The van der Waals surface area contributed by atoms with Crippen molar-refractivity contribution in [2.45, 2.75) is 34.6 Å². The normalized spacial score (nSPS) is 10.4. The molecule has 146 valence electrons. The second-order valence-electron chi connectivity index (χ2n) is 5.87. The van der Waals surface area contributed by atoms with Crippen molar-refractivity contribution in [1.29, 1.82) is 0 Å². The van der Waals surface area contributed by atoms with Crippen molar-refractivity contribution in [1.82, 2.24) is 0 Å². The maximum Gasteiger partial charge on any atom is 0.342 e. The van der Waals surface area contributed by atoms with Gasteiger partial charge in [0.15, 0.2) is 18.1 Å². The third-order valence-corrected chi connectivity index (χ3v) is 3.93. The van der Waals surface area contributed by atoms with Gasteiger partial charge < -0.3 is 23.9 Å². The van der Waals surface area contributed by atoms with E-state index in [0.29, 0.717) is 53.0 Å². The minimum absolute atomic E-state index is 0.361. The highest BCUT2D eigenvalue weighted by molar-refractivity contribution is 5.96. The summed E-state index contributed by atoms with van der Waals surface area (Å²) in [6, 6.07) is 5.08. The van der Waals surface area contributed by atoms with E-state index >= 15 is 0 Å². The first kappa shape index (κ1) is 20.4. The third kappa shape index (κ3) is 5.03. The molecule has 0 aliphatic rings. The molecule has 1 aromatic carbocycles. The Kier molecular flexibility index (Phi) is 6.87. The van der Waals surface area contributed by atoms with Gasteiger partial charge in [0.2, 0.25) is 0 Å². The zero-order valence-corrected chi connectivity index (χ0v) is 16.3. The number of hydrogen-bond donors (Lipinski definition) is 1. The van der Waals surface area contributed by atoms with E-state index in [9.17, 15) is 9.59 Å². The van der Waals surface area contributed by atoms with Crippen LogP contribution in [-0.4, -0.2) is 31.7 Å². The molecule has 1 aromatic heterocycles. The Morgan fingerprint density at radius 3 is 2.26 bits per heavy atom. The molecule has 1 N–H and O–H groups in total. The van der Waals surface area contributed by atoms with Crippen molar-refractivity contribution >= 4 is 17.6 Å². The van der Waals surface area contributed by atoms with Gasteiger partial charge in [-0.15, -0.1) is 0 Å². The number of aryl methyl sites for hydroxylation is 2. The first-order valence-corrected chi connectivity index (χ1v) is 8.80. The second kappa shape index (κ2) is 9.12. The van der Waals surface area contributed by atoms with Crippen LogP contribution < -0.4 is 14.8 Å². The predicted molar refractivity (Wildman–Crippen MR) is 101 cm³/mol. The van der Waals surface area contributed by atoms with Crippen molar-refractivity contribution in [3.8, 4) is 11.5 Å². The van der Waals surface area contributed by atoms with Crippen molar-refractivity contribution in [3.63, 3.8) is 0 Å². The number of hydrogen-bond acceptors (Lipinski definition) is 6. The van der Waals surface area contributed by atoms with Crippen LogP contribution >= 0.6 is 0 Å². The molecule has 7 heteroatoms. The zero-order chi connectivity index (χ0) is 20.0. The molecule has 0 radical (unpaired) electrons. The monoisotopic (exact) mass is 375 g/mol. The number of ether oxygens (including phenoxy) is 3. The number of furan rings is 1. The molecular formula is C20H25NO6. The lowest BCUT2D eigenvalue weighted by Crippen LogP contribution is -2.21. The number of amides is 1. The van der Waals surface area contributed by atoms with Crippen LogP contribution in [0.3, 0.4) is 0 Å². The molecule has 0 atom stereocenters. The lowest BCUT2D eigenvalue weighted by atomic mass is 10.1. The van der Waals surface area contributed by atoms with Gasteiger partial charge in [0.25, 0.3) is 5.91 Å². The van der Waals surface area contributed by atoms with E-state index in [1.807, 2.05) is 13.8 Å². The van der Waals surface area contributed by atoms with E-state index in [1.165, 1.54) is 0 Å². The van der Waals surface area contributed by atoms with Crippen LogP contribution in [0.4, 0.5) is 5.69 Å². The quantitative estimate of drug-likeness (QED) is 0.706. The van der Waals surface area contributed by atoms with E-state index in [4.69, 9.17) is 18.6 Å². The summed E-state index contributed by atoms with van der Waals surface area (Å²) in [6.45, 7) is 9.55. The van der Waals surface area contributed by atoms with Crippen molar-refractivity contribution < 1.29 is 28.2 Å². The molecular weight excluding hydrogens is 350 g/mol. The van der Waals surface area contributed by atoms with Crippen LogP contribution in [0.1, 0.15) is 41.3 Å². The van der Waals surface area contributed by atoms with Crippen LogP contribution in [0, 0.1) is 20.8 Å². The molecule has 7 nitrogen and oxygen atoms in total. The Bertz CT molecular complexity index is 824. The highest BCUT2D eigenvalue weighted by atomic mass is 16.5. The molecule has 1 heterocycles. The van der Waals surface area contributed by atoms with Gasteiger partial charge in [0, 0.05) is 17.3 Å². The van der Waals surface area contributed by atoms with Gasteiger partial charge in [-0.3, -0.25) is 4.79 Å². The second-order valence-corrected chi connectivity index (χ2v) is 5.87. The average Bonchev–Trinajstić information content (AvgIpc) is 2.87. The average molecular weight is 375 g/mol. The van der Waals surface area contributed by atoms with Gasteiger partial charge in [-0.25, -0.2) is 4.79 Å². The van der Waals surface area contributed by atoms with E-state index in [-0.39, 0.29) is 0 Å². The SMILES string of the molecule is CCOc1ccc(NC(=O)COC(=O)c2c(C)oc(C)c2C)cc1OCC. The summed E-state index contributed by atoms with van der Waals surface area (Å²) in [5.74, 6) is 1.23. The molecule has 2 rings (SSSR count). The summed E-state index contributed by atoms with van der Waals surface area (Å²) in [7, 11) is 0. The molecule has 0 unspecified atom stereocenters. The Hall–Kier alpha value is -2.96. The van der Waals surface area contributed by atoms with Crippen LogP contribution in [0.5, 0.6) is 11.5 Å². The van der Waals surface area contributed by atoms with Crippen LogP contribution in [0.15, 0.2) is 22.6 Å².